The largest absolute Gasteiger partial charge is 0.465 e. The van der Waals surface area contributed by atoms with Crippen molar-refractivity contribution in [2.45, 2.75) is 121 Å². The average Bonchev–Trinajstić information content (AvgIpc) is 3.11. The molecule has 1 aliphatic heterocycles. The number of aliphatic hydroxyl groups is 3. The SMILES string of the molecule is CC(=O)N[C@H]1[C@H](OCCNC(=O)/C=C/C=C/C(=O)NC(CCC(=O)OCC2CCCCC2)C(=O)OCC2CCCCC2)O[C@H](CO)[C@@H](O)[C@@H]1O. The first-order chi connectivity index (χ1) is 24.1. The van der Waals surface area contributed by atoms with Gasteiger partial charge >= 0.3 is 11.9 Å². The summed E-state index contributed by atoms with van der Waals surface area (Å²) in [5.41, 5.74) is 0. The standard InChI is InChI=1S/C35H55N3O12/c1-23(40)37-31-33(45)32(44)27(20-39)50-35(31)47-19-18-36-28(41)14-8-9-15-29(42)38-26(34(46)49-22-25-12-6-3-7-13-25)16-17-30(43)48-21-24-10-4-2-5-11-24/h8-9,14-15,24-27,31-33,35,39,44-45H,2-7,10-13,16-22H2,1H3,(H,36,41)(H,37,40)(H,38,42)/b14-8+,15-9+/t26?,27-,31-,32-,33-,35-/m1/s1. The van der Waals surface area contributed by atoms with Crippen LogP contribution in [0.1, 0.15) is 84.0 Å². The Morgan fingerprint density at radius 3 is 2.04 bits per heavy atom. The fourth-order valence-electron chi connectivity index (χ4n) is 6.33. The summed E-state index contributed by atoms with van der Waals surface area (Å²) in [6, 6.07) is -2.14. The summed E-state index contributed by atoms with van der Waals surface area (Å²) in [4.78, 5) is 61.8. The summed E-state index contributed by atoms with van der Waals surface area (Å²) in [6.07, 6.45) is 10.6. The number of rotatable bonds is 18. The van der Waals surface area contributed by atoms with Gasteiger partial charge in [0.05, 0.1) is 26.4 Å². The lowest BCUT2D eigenvalue weighted by Gasteiger charge is -2.42. The third kappa shape index (κ3) is 14.9. The quantitative estimate of drug-likeness (QED) is 0.0501. The van der Waals surface area contributed by atoms with Gasteiger partial charge in [-0.05, 0) is 43.9 Å². The van der Waals surface area contributed by atoms with Crippen LogP contribution in [-0.2, 0) is 42.9 Å². The van der Waals surface area contributed by atoms with Crippen molar-refractivity contribution >= 4 is 29.7 Å². The van der Waals surface area contributed by atoms with Gasteiger partial charge in [-0.25, -0.2) is 4.79 Å². The van der Waals surface area contributed by atoms with Crippen molar-refractivity contribution in [3.8, 4) is 0 Å². The van der Waals surface area contributed by atoms with E-state index >= 15 is 0 Å². The van der Waals surface area contributed by atoms with Gasteiger partial charge < -0.3 is 50.2 Å². The number of esters is 2. The van der Waals surface area contributed by atoms with Gasteiger partial charge in [-0.15, -0.1) is 0 Å². The van der Waals surface area contributed by atoms with E-state index < -0.39 is 73.0 Å². The van der Waals surface area contributed by atoms with Gasteiger partial charge in [0.15, 0.2) is 6.29 Å². The zero-order valence-corrected chi connectivity index (χ0v) is 29.0. The van der Waals surface area contributed by atoms with Gasteiger partial charge in [-0.1, -0.05) is 50.7 Å². The van der Waals surface area contributed by atoms with E-state index in [2.05, 4.69) is 16.0 Å². The molecule has 50 heavy (non-hydrogen) atoms. The van der Waals surface area contributed by atoms with Crippen LogP contribution >= 0.6 is 0 Å². The number of amides is 3. The van der Waals surface area contributed by atoms with Gasteiger partial charge in [0.2, 0.25) is 17.7 Å². The number of carbonyl (C=O) groups is 5. The van der Waals surface area contributed by atoms with Crippen LogP contribution in [0.15, 0.2) is 24.3 Å². The summed E-state index contributed by atoms with van der Waals surface area (Å²) in [6.45, 7) is 1.20. The Hall–Kier alpha value is -3.37. The summed E-state index contributed by atoms with van der Waals surface area (Å²) in [7, 11) is 0. The van der Waals surface area contributed by atoms with E-state index in [0.29, 0.717) is 12.5 Å². The molecule has 1 unspecified atom stereocenters. The van der Waals surface area contributed by atoms with Crippen molar-refractivity contribution in [2.24, 2.45) is 11.8 Å². The van der Waals surface area contributed by atoms with Crippen LogP contribution in [0.4, 0.5) is 0 Å². The van der Waals surface area contributed by atoms with Gasteiger partial charge in [-0.2, -0.15) is 0 Å². The molecule has 1 saturated heterocycles. The van der Waals surface area contributed by atoms with Crippen molar-refractivity contribution in [3.05, 3.63) is 24.3 Å². The lowest BCUT2D eigenvalue weighted by Crippen LogP contribution is -2.64. The molecule has 0 bridgehead atoms. The molecular weight excluding hydrogens is 654 g/mol. The minimum absolute atomic E-state index is 0.0101. The molecule has 2 aliphatic carbocycles. The summed E-state index contributed by atoms with van der Waals surface area (Å²) in [5.74, 6) is -1.98. The normalized spacial score (nSPS) is 25.6. The Balaban J connectivity index is 1.43. The van der Waals surface area contributed by atoms with E-state index in [9.17, 15) is 39.3 Å². The molecule has 3 rings (SSSR count). The topological polar surface area (TPSA) is 219 Å². The lowest BCUT2D eigenvalue weighted by atomic mass is 9.90. The number of aliphatic hydroxyl groups excluding tert-OH is 3. The molecule has 6 atom stereocenters. The zero-order chi connectivity index (χ0) is 36.3. The van der Waals surface area contributed by atoms with Crippen LogP contribution in [0.25, 0.3) is 0 Å². The molecule has 0 spiro atoms. The van der Waals surface area contributed by atoms with E-state index in [1.165, 1.54) is 38.0 Å². The highest BCUT2D eigenvalue weighted by molar-refractivity contribution is 5.92. The van der Waals surface area contributed by atoms with Crippen LogP contribution in [0, 0.1) is 11.8 Å². The third-order valence-electron chi connectivity index (χ3n) is 9.17. The second-order valence-electron chi connectivity index (χ2n) is 13.2. The summed E-state index contributed by atoms with van der Waals surface area (Å²) in [5, 5.41) is 37.4. The minimum Gasteiger partial charge on any atom is -0.465 e. The first kappa shape index (κ1) is 41.1. The van der Waals surface area contributed by atoms with Crippen molar-refractivity contribution < 1.29 is 58.2 Å². The smallest absolute Gasteiger partial charge is 0.328 e. The Morgan fingerprint density at radius 1 is 0.840 bits per heavy atom. The Bertz CT molecular complexity index is 1150. The van der Waals surface area contributed by atoms with Gasteiger partial charge in [0.1, 0.15) is 30.4 Å². The van der Waals surface area contributed by atoms with Crippen molar-refractivity contribution in [2.75, 3.05) is 33.0 Å². The molecule has 0 radical (unpaired) electrons. The van der Waals surface area contributed by atoms with Crippen LogP contribution in [0.5, 0.6) is 0 Å². The molecule has 6 N–H and O–H groups in total. The second kappa shape index (κ2) is 22.4. The maximum atomic E-state index is 13.0. The van der Waals surface area contributed by atoms with Gasteiger partial charge in [0, 0.05) is 32.0 Å². The van der Waals surface area contributed by atoms with E-state index in [0.717, 1.165) is 57.4 Å². The highest BCUT2D eigenvalue weighted by atomic mass is 16.7. The van der Waals surface area contributed by atoms with Crippen molar-refractivity contribution in [1.82, 2.24) is 16.0 Å². The van der Waals surface area contributed by atoms with Crippen LogP contribution in [0.2, 0.25) is 0 Å². The second-order valence-corrected chi connectivity index (χ2v) is 13.2. The number of nitrogens with one attached hydrogen (secondary N) is 3. The number of allylic oxidation sites excluding steroid dienone is 2. The Morgan fingerprint density at radius 2 is 1.44 bits per heavy atom. The highest BCUT2D eigenvalue weighted by Gasteiger charge is 2.45. The van der Waals surface area contributed by atoms with Crippen molar-refractivity contribution in [3.63, 3.8) is 0 Å². The predicted octanol–water partition coefficient (Wildman–Crippen LogP) is 0.687. The lowest BCUT2D eigenvalue weighted by molar-refractivity contribution is -0.269. The molecule has 0 aromatic carbocycles. The summed E-state index contributed by atoms with van der Waals surface area (Å²) < 4.78 is 22.0. The van der Waals surface area contributed by atoms with Crippen molar-refractivity contribution in [1.29, 1.82) is 0 Å². The molecule has 0 aromatic heterocycles. The molecule has 3 fully saturated rings. The maximum absolute atomic E-state index is 13.0. The fourth-order valence-corrected chi connectivity index (χ4v) is 6.33. The highest BCUT2D eigenvalue weighted by Crippen LogP contribution is 2.25. The van der Waals surface area contributed by atoms with Crippen LogP contribution in [-0.4, -0.2) is 115 Å². The van der Waals surface area contributed by atoms with E-state index in [1.807, 2.05) is 0 Å². The number of hydrogen-bond donors (Lipinski definition) is 6. The molecule has 15 nitrogen and oxygen atoms in total. The first-order valence-electron chi connectivity index (χ1n) is 17.8. The number of hydrogen-bond acceptors (Lipinski definition) is 12. The van der Waals surface area contributed by atoms with E-state index in [1.54, 1.807) is 0 Å². The van der Waals surface area contributed by atoms with Gasteiger partial charge in [-0.3, -0.25) is 19.2 Å². The Labute approximate surface area is 293 Å². The minimum atomic E-state index is -1.45. The third-order valence-corrected chi connectivity index (χ3v) is 9.17. The predicted molar refractivity (Wildman–Crippen MR) is 179 cm³/mol. The molecule has 0 aromatic rings. The fraction of sp³-hybridized carbons (Fsp3) is 0.743. The first-order valence-corrected chi connectivity index (χ1v) is 17.8. The van der Waals surface area contributed by atoms with Crippen LogP contribution < -0.4 is 16.0 Å². The molecule has 3 aliphatic rings. The summed E-state index contributed by atoms with van der Waals surface area (Å²) >= 11 is 0. The van der Waals surface area contributed by atoms with Crippen LogP contribution in [0.3, 0.4) is 0 Å². The average molecular weight is 710 g/mol. The molecule has 2 saturated carbocycles. The molecule has 3 amide bonds. The zero-order valence-electron chi connectivity index (χ0n) is 29.0. The number of ether oxygens (including phenoxy) is 4. The maximum Gasteiger partial charge on any atom is 0.328 e. The molecular formula is C35H55N3O12. The van der Waals surface area contributed by atoms with E-state index in [-0.39, 0.29) is 38.5 Å². The number of carbonyl (C=O) groups excluding carboxylic acids is 5. The molecule has 1 heterocycles. The monoisotopic (exact) mass is 709 g/mol. The molecule has 282 valence electrons. The van der Waals surface area contributed by atoms with Gasteiger partial charge in [0.25, 0.3) is 0 Å². The Kier molecular flexibility index (Phi) is 18.4. The van der Waals surface area contributed by atoms with E-state index in [4.69, 9.17) is 18.9 Å². The molecule has 15 heteroatoms.